The van der Waals surface area contributed by atoms with Crippen molar-refractivity contribution in [2.75, 3.05) is 0 Å². The summed E-state index contributed by atoms with van der Waals surface area (Å²) in [4.78, 5) is 4.56. The molecule has 4 heteroatoms. The van der Waals surface area contributed by atoms with Crippen molar-refractivity contribution in [3.8, 4) is 5.69 Å². The van der Waals surface area contributed by atoms with E-state index in [1.807, 2.05) is 37.4 Å². The van der Waals surface area contributed by atoms with E-state index in [9.17, 15) is 0 Å². The summed E-state index contributed by atoms with van der Waals surface area (Å²) in [5, 5.41) is 14.5. The quantitative estimate of drug-likeness (QED) is 0.746. The third-order valence-corrected chi connectivity index (χ3v) is 2.89. The lowest BCUT2D eigenvalue weighted by Gasteiger charge is -2.06. The summed E-state index contributed by atoms with van der Waals surface area (Å²) >= 11 is 0. The molecule has 3 rings (SSSR count). The van der Waals surface area contributed by atoms with Gasteiger partial charge in [-0.1, -0.05) is 18.2 Å². The fourth-order valence-corrected chi connectivity index (χ4v) is 1.99. The van der Waals surface area contributed by atoms with Crippen LogP contribution >= 0.6 is 0 Å². The Morgan fingerprint density at radius 2 is 2.06 bits per heavy atom. The van der Waals surface area contributed by atoms with Crippen LogP contribution in [-0.4, -0.2) is 19.9 Å². The van der Waals surface area contributed by atoms with E-state index in [2.05, 4.69) is 16.1 Å². The number of para-hydroxylation sites is 1. The summed E-state index contributed by atoms with van der Waals surface area (Å²) in [5.74, 6) is 0. The van der Waals surface area contributed by atoms with Gasteiger partial charge in [0.1, 0.15) is 0 Å². The number of aliphatic hydroxyl groups excluding tert-OH is 1. The second-order valence-electron chi connectivity index (χ2n) is 4.21. The van der Waals surface area contributed by atoms with Gasteiger partial charge in [-0.2, -0.15) is 5.10 Å². The Morgan fingerprint density at radius 3 is 2.83 bits per heavy atom. The maximum absolute atomic E-state index is 9.06. The predicted octanol–water partition coefficient (Wildman–Crippen LogP) is 2.22. The highest BCUT2D eigenvalue weighted by atomic mass is 16.3. The summed E-state index contributed by atoms with van der Waals surface area (Å²) in [6.07, 6.45) is 1.84. The van der Waals surface area contributed by atoms with Gasteiger partial charge in [-0.05, 0) is 25.1 Å². The number of fused-ring (bicyclic) bond motifs is 1. The molecule has 0 aliphatic carbocycles. The molecule has 0 saturated heterocycles. The first-order chi connectivity index (χ1) is 8.78. The summed E-state index contributed by atoms with van der Waals surface area (Å²) in [6.45, 7) is 1.92. The van der Waals surface area contributed by atoms with Crippen LogP contribution in [0.3, 0.4) is 0 Å². The number of rotatable bonds is 2. The van der Waals surface area contributed by atoms with E-state index in [0.29, 0.717) is 5.69 Å². The second-order valence-corrected chi connectivity index (χ2v) is 4.21. The topological polar surface area (TPSA) is 50.9 Å². The minimum atomic E-state index is -0.0514. The molecule has 0 bridgehead atoms. The Hall–Kier alpha value is -2.20. The number of hydrogen-bond acceptors (Lipinski definition) is 3. The van der Waals surface area contributed by atoms with Gasteiger partial charge in [-0.15, -0.1) is 0 Å². The molecule has 0 saturated carbocycles. The Bertz CT molecular complexity index is 703. The van der Waals surface area contributed by atoms with E-state index in [-0.39, 0.29) is 6.61 Å². The molecular weight excluding hydrogens is 226 g/mol. The van der Waals surface area contributed by atoms with Gasteiger partial charge in [0.15, 0.2) is 0 Å². The number of nitrogens with zero attached hydrogens (tertiary/aromatic N) is 3. The predicted molar refractivity (Wildman–Crippen MR) is 69.5 cm³/mol. The van der Waals surface area contributed by atoms with Crippen LogP contribution in [-0.2, 0) is 6.61 Å². The SMILES string of the molecule is Cc1ccc2cccc(-n3ccc(CO)n3)c2n1. The van der Waals surface area contributed by atoms with E-state index in [1.165, 1.54) is 0 Å². The zero-order valence-electron chi connectivity index (χ0n) is 10.0. The molecule has 3 aromatic rings. The monoisotopic (exact) mass is 239 g/mol. The highest BCUT2D eigenvalue weighted by Crippen LogP contribution is 2.20. The van der Waals surface area contributed by atoms with Crippen LogP contribution in [0.5, 0.6) is 0 Å². The van der Waals surface area contributed by atoms with Crippen LogP contribution in [0.15, 0.2) is 42.6 Å². The summed E-state index contributed by atoms with van der Waals surface area (Å²) in [6, 6.07) is 11.8. The zero-order valence-corrected chi connectivity index (χ0v) is 10.0. The molecule has 0 spiro atoms. The molecule has 0 radical (unpaired) electrons. The number of pyridine rings is 1. The average Bonchev–Trinajstić information content (AvgIpc) is 2.86. The maximum Gasteiger partial charge on any atom is 0.0962 e. The van der Waals surface area contributed by atoms with Gasteiger partial charge in [0.05, 0.1) is 23.5 Å². The van der Waals surface area contributed by atoms with Crippen molar-refractivity contribution in [3.05, 3.63) is 54.0 Å². The first-order valence-corrected chi connectivity index (χ1v) is 5.80. The van der Waals surface area contributed by atoms with Gasteiger partial charge in [-0.25, -0.2) is 4.68 Å². The normalized spacial score (nSPS) is 11.0. The Morgan fingerprint density at radius 1 is 1.17 bits per heavy atom. The molecule has 1 N–H and O–H groups in total. The fourth-order valence-electron chi connectivity index (χ4n) is 1.99. The van der Waals surface area contributed by atoms with Crippen molar-refractivity contribution in [3.63, 3.8) is 0 Å². The third-order valence-electron chi connectivity index (χ3n) is 2.89. The maximum atomic E-state index is 9.06. The summed E-state index contributed by atoms with van der Waals surface area (Å²) < 4.78 is 1.75. The van der Waals surface area contributed by atoms with Crippen molar-refractivity contribution in [1.82, 2.24) is 14.8 Å². The molecule has 90 valence electrons. The number of aliphatic hydroxyl groups is 1. The molecule has 0 unspecified atom stereocenters. The second kappa shape index (κ2) is 4.23. The minimum absolute atomic E-state index is 0.0514. The lowest BCUT2D eigenvalue weighted by molar-refractivity contribution is 0.276. The van der Waals surface area contributed by atoms with Crippen LogP contribution in [0, 0.1) is 6.92 Å². The van der Waals surface area contributed by atoms with Crippen molar-refractivity contribution in [1.29, 1.82) is 0 Å². The van der Waals surface area contributed by atoms with E-state index in [1.54, 1.807) is 10.7 Å². The Kier molecular flexibility index (Phi) is 2.57. The van der Waals surface area contributed by atoms with Crippen LogP contribution in [0.25, 0.3) is 16.6 Å². The fraction of sp³-hybridized carbons (Fsp3) is 0.143. The van der Waals surface area contributed by atoms with E-state index < -0.39 is 0 Å². The summed E-state index contributed by atoms with van der Waals surface area (Å²) in [7, 11) is 0. The third kappa shape index (κ3) is 1.76. The first kappa shape index (κ1) is 10.9. The van der Waals surface area contributed by atoms with Crippen molar-refractivity contribution >= 4 is 10.9 Å². The molecule has 18 heavy (non-hydrogen) atoms. The Balaban J connectivity index is 2.24. The van der Waals surface area contributed by atoms with E-state index >= 15 is 0 Å². The smallest absolute Gasteiger partial charge is 0.0962 e. The largest absolute Gasteiger partial charge is 0.390 e. The molecule has 0 aliphatic rings. The van der Waals surface area contributed by atoms with Crippen molar-refractivity contribution in [2.45, 2.75) is 13.5 Å². The molecule has 0 atom stereocenters. The number of aryl methyl sites for hydroxylation is 1. The van der Waals surface area contributed by atoms with Gasteiger partial charge >= 0.3 is 0 Å². The minimum Gasteiger partial charge on any atom is -0.390 e. The molecule has 2 heterocycles. The van der Waals surface area contributed by atoms with Crippen molar-refractivity contribution in [2.24, 2.45) is 0 Å². The molecule has 1 aromatic carbocycles. The highest BCUT2D eigenvalue weighted by Gasteiger charge is 2.06. The standard InChI is InChI=1S/C14H13N3O/c1-10-5-6-11-3-2-4-13(14(11)15-10)17-8-7-12(9-18)16-17/h2-8,18H,9H2,1H3. The molecule has 4 nitrogen and oxygen atoms in total. The first-order valence-electron chi connectivity index (χ1n) is 5.80. The number of aromatic nitrogens is 3. The van der Waals surface area contributed by atoms with E-state index in [0.717, 1.165) is 22.3 Å². The Labute approximate surface area is 105 Å². The lowest BCUT2D eigenvalue weighted by atomic mass is 10.2. The van der Waals surface area contributed by atoms with Crippen LogP contribution in [0.4, 0.5) is 0 Å². The van der Waals surface area contributed by atoms with Gasteiger partial charge in [0, 0.05) is 17.3 Å². The average molecular weight is 239 g/mol. The molecule has 2 aromatic heterocycles. The van der Waals surface area contributed by atoms with Gasteiger partial charge in [-0.3, -0.25) is 4.98 Å². The van der Waals surface area contributed by atoms with Gasteiger partial charge in [0.25, 0.3) is 0 Å². The van der Waals surface area contributed by atoms with E-state index in [4.69, 9.17) is 5.11 Å². The van der Waals surface area contributed by atoms with Crippen LogP contribution in [0.1, 0.15) is 11.4 Å². The molecule has 0 aliphatic heterocycles. The lowest BCUT2D eigenvalue weighted by Crippen LogP contribution is -1.99. The summed E-state index contributed by atoms with van der Waals surface area (Å²) in [5.41, 5.74) is 3.48. The molecular formula is C14H13N3O. The van der Waals surface area contributed by atoms with Crippen molar-refractivity contribution < 1.29 is 5.11 Å². The van der Waals surface area contributed by atoms with Gasteiger partial charge < -0.3 is 5.11 Å². The van der Waals surface area contributed by atoms with Crippen LogP contribution in [0.2, 0.25) is 0 Å². The molecule has 0 fully saturated rings. The number of hydrogen-bond donors (Lipinski definition) is 1. The zero-order chi connectivity index (χ0) is 12.5. The highest BCUT2D eigenvalue weighted by molar-refractivity contribution is 5.86. The van der Waals surface area contributed by atoms with Gasteiger partial charge in [0.2, 0.25) is 0 Å². The van der Waals surface area contributed by atoms with Crippen LogP contribution < -0.4 is 0 Å². The molecule has 0 amide bonds. The number of benzene rings is 1.